The number of nitriles is 1. The number of carbonyl (C=O) groups excluding carboxylic acids is 1. The minimum absolute atomic E-state index is 0.153. The number of aromatic nitrogens is 2. The molecule has 1 amide bonds. The zero-order valence-corrected chi connectivity index (χ0v) is 23.6. The van der Waals surface area contributed by atoms with Crippen LogP contribution in [0.2, 0.25) is 0 Å². The van der Waals surface area contributed by atoms with E-state index in [0.717, 1.165) is 36.9 Å². The van der Waals surface area contributed by atoms with Gasteiger partial charge in [-0.1, -0.05) is 12.1 Å². The first-order chi connectivity index (χ1) is 20.4. The van der Waals surface area contributed by atoms with E-state index in [1.54, 1.807) is 0 Å². The van der Waals surface area contributed by atoms with Gasteiger partial charge in [0.05, 0.1) is 6.20 Å². The van der Waals surface area contributed by atoms with Crippen LogP contribution in [0.5, 0.6) is 0 Å². The van der Waals surface area contributed by atoms with E-state index in [0.29, 0.717) is 18.0 Å². The van der Waals surface area contributed by atoms with E-state index in [9.17, 15) is 31.1 Å². The molecule has 2 aromatic rings. The molecule has 0 saturated carbocycles. The number of hydrogen-bond donors (Lipinski definition) is 5. The van der Waals surface area contributed by atoms with E-state index in [4.69, 9.17) is 25.1 Å². The molecule has 2 aliphatic rings. The first-order valence-corrected chi connectivity index (χ1v) is 13.4. The summed E-state index contributed by atoms with van der Waals surface area (Å²) < 4.78 is 63.5. The molecule has 1 aromatic carbocycles. The number of hydrogen-bond acceptors (Lipinski definition) is 6. The molecule has 2 atom stereocenters. The van der Waals surface area contributed by atoms with E-state index in [2.05, 4.69) is 52.7 Å². The van der Waals surface area contributed by atoms with Gasteiger partial charge in [0, 0.05) is 23.3 Å². The molecular weight excluding hydrogens is 600 g/mol. The summed E-state index contributed by atoms with van der Waals surface area (Å²) in [6, 6.07) is 9.44. The molecule has 0 unspecified atom stereocenters. The van der Waals surface area contributed by atoms with Crippen LogP contribution in [0.25, 0.3) is 5.57 Å². The lowest BCUT2D eigenvalue weighted by atomic mass is 9.82. The van der Waals surface area contributed by atoms with Gasteiger partial charge >= 0.3 is 24.3 Å². The molecule has 1 saturated heterocycles. The highest BCUT2D eigenvalue weighted by atomic mass is 19.4. The topological polar surface area (TPSA) is 168 Å². The van der Waals surface area contributed by atoms with Crippen molar-refractivity contribution in [2.45, 2.75) is 82.7 Å². The Bertz CT molecular complexity index is 1360. The Balaban J connectivity index is 0.000000402. The monoisotopic (exact) mass is 631 g/mol. The van der Waals surface area contributed by atoms with E-state index in [1.807, 2.05) is 12.1 Å². The smallest absolute Gasteiger partial charge is 0.475 e. The van der Waals surface area contributed by atoms with Crippen LogP contribution in [0, 0.1) is 11.3 Å². The van der Waals surface area contributed by atoms with Crippen molar-refractivity contribution in [3.05, 3.63) is 53.1 Å². The number of rotatable bonds is 4. The standard InChI is InChI=1S/C24H29N5O.2C2HF3O2/c1-15-10-19(11-16(2)27-15)18-8-9-22(21(12-18)17-6-4-3-5-7-17)29-24(30)23-26-14-20(13-25)28-23;2*3-2(4,5)1(6)7/h6,8-9,12,14-16,19,27H,3-5,7,10-11H2,1-2H3,(H,26,28)(H,29,30);2*(H,6,7)/t15-,16-;;/m1../s1. The molecule has 4 rings (SSSR count). The highest BCUT2D eigenvalue weighted by Crippen LogP contribution is 2.37. The van der Waals surface area contributed by atoms with Crippen LogP contribution in [-0.2, 0) is 9.59 Å². The summed E-state index contributed by atoms with van der Waals surface area (Å²) >= 11 is 0. The highest BCUT2D eigenvalue weighted by Gasteiger charge is 2.39. The molecule has 0 radical (unpaired) electrons. The zero-order valence-electron chi connectivity index (χ0n) is 23.6. The fourth-order valence-corrected chi connectivity index (χ4v) is 4.79. The van der Waals surface area contributed by atoms with Crippen LogP contribution in [0.15, 0.2) is 30.5 Å². The lowest BCUT2D eigenvalue weighted by Crippen LogP contribution is -2.41. The predicted octanol–water partition coefficient (Wildman–Crippen LogP) is 6.00. The molecule has 2 heterocycles. The van der Waals surface area contributed by atoms with Crippen LogP contribution in [-0.4, -0.2) is 62.5 Å². The van der Waals surface area contributed by atoms with Gasteiger partial charge in [0.2, 0.25) is 0 Å². The quantitative estimate of drug-likeness (QED) is 0.256. The van der Waals surface area contributed by atoms with Crippen molar-refractivity contribution < 1.29 is 50.9 Å². The summed E-state index contributed by atoms with van der Waals surface area (Å²) in [6.45, 7) is 4.50. The number of halogens is 6. The van der Waals surface area contributed by atoms with Gasteiger partial charge in [0.15, 0.2) is 5.82 Å². The second-order valence-corrected chi connectivity index (χ2v) is 10.2. The van der Waals surface area contributed by atoms with E-state index >= 15 is 0 Å². The summed E-state index contributed by atoms with van der Waals surface area (Å²) in [7, 11) is 0. The number of allylic oxidation sites excluding steroid dienone is 2. The average molecular weight is 632 g/mol. The Kier molecular flexibility index (Phi) is 12.5. The third-order valence-corrected chi connectivity index (χ3v) is 6.64. The Labute approximate surface area is 248 Å². The number of alkyl halides is 6. The Morgan fingerprint density at radius 1 is 1.00 bits per heavy atom. The van der Waals surface area contributed by atoms with Gasteiger partial charge in [-0.2, -0.15) is 31.6 Å². The molecule has 1 aliphatic carbocycles. The SMILES string of the molecule is C[C@@H]1CC(c2ccc(NC(=O)c3ncc(C#N)[nH]3)c(C3=CCCCC3)c2)C[C@@H](C)N1.O=C(O)C(F)(F)F.O=C(O)C(F)(F)F. The van der Waals surface area contributed by atoms with Crippen molar-refractivity contribution >= 4 is 29.1 Å². The van der Waals surface area contributed by atoms with Crippen LogP contribution < -0.4 is 10.6 Å². The lowest BCUT2D eigenvalue weighted by molar-refractivity contribution is -0.193. The molecule has 240 valence electrons. The largest absolute Gasteiger partial charge is 0.490 e. The van der Waals surface area contributed by atoms with Gasteiger partial charge in [0.1, 0.15) is 11.8 Å². The molecule has 44 heavy (non-hydrogen) atoms. The number of carboxylic acids is 2. The maximum Gasteiger partial charge on any atom is 0.490 e. The summed E-state index contributed by atoms with van der Waals surface area (Å²) in [5.41, 5.74) is 4.86. The minimum atomic E-state index is -5.08. The molecule has 1 fully saturated rings. The van der Waals surface area contributed by atoms with Crippen molar-refractivity contribution in [2.75, 3.05) is 5.32 Å². The Morgan fingerprint density at radius 2 is 1.57 bits per heavy atom. The lowest BCUT2D eigenvalue weighted by Gasteiger charge is -2.33. The minimum Gasteiger partial charge on any atom is -0.475 e. The maximum absolute atomic E-state index is 12.7. The summed E-state index contributed by atoms with van der Waals surface area (Å²) in [5, 5.41) is 29.8. The number of carboxylic acid groups (broad SMARTS) is 2. The first-order valence-electron chi connectivity index (χ1n) is 13.4. The number of H-pyrrole nitrogens is 1. The van der Waals surface area contributed by atoms with Gasteiger partial charge in [0.25, 0.3) is 5.91 Å². The van der Waals surface area contributed by atoms with Crippen LogP contribution >= 0.6 is 0 Å². The number of carbonyl (C=O) groups is 3. The molecule has 1 aromatic heterocycles. The molecule has 5 N–H and O–H groups in total. The molecule has 16 heteroatoms. The number of nitrogens with one attached hydrogen (secondary N) is 3. The van der Waals surface area contributed by atoms with Crippen LogP contribution in [0.1, 0.15) is 85.7 Å². The van der Waals surface area contributed by atoms with E-state index in [-0.39, 0.29) is 17.4 Å². The Morgan fingerprint density at radius 3 is 2.02 bits per heavy atom. The molecule has 0 spiro atoms. The number of nitrogens with zero attached hydrogens (tertiary/aromatic N) is 2. The predicted molar refractivity (Wildman–Crippen MR) is 146 cm³/mol. The Hall–Kier alpha value is -4.39. The van der Waals surface area contributed by atoms with Gasteiger partial charge in [-0.25, -0.2) is 14.6 Å². The fourth-order valence-electron chi connectivity index (χ4n) is 4.79. The maximum atomic E-state index is 12.7. The van der Waals surface area contributed by atoms with E-state index < -0.39 is 24.3 Å². The number of imidazole rings is 1. The van der Waals surface area contributed by atoms with Crippen molar-refractivity contribution in [3.8, 4) is 6.07 Å². The van der Waals surface area contributed by atoms with Crippen molar-refractivity contribution in [1.82, 2.24) is 15.3 Å². The second-order valence-electron chi connectivity index (χ2n) is 10.2. The van der Waals surface area contributed by atoms with Gasteiger partial charge in [-0.15, -0.1) is 0 Å². The molecule has 10 nitrogen and oxygen atoms in total. The normalized spacial score (nSPS) is 20.0. The molecule has 0 bridgehead atoms. The summed E-state index contributed by atoms with van der Waals surface area (Å²) in [4.78, 5) is 37.3. The van der Waals surface area contributed by atoms with Crippen LogP contribution in [0.3, 0.4) is 0 Å². The molecular formula is C28H31F6N5O5. The van der Waals surface area contributed by atoms with E-state index in [1.165, 1.54) is 30.2 Å². The summed E-state index contributed by atoms with van der Waals surface area (Å²) in [5.74, 6) is -5.17. The fraction of sp³-hybridized carbons (Fsp3) is 0.464. The van der Waals surface area contributed by atoms with Gasteiger partial charge in [-0.3, -0.25) is 4.79 Å². The van der Waals surface area contributed by atoms with Crippen LogP contribution in [0.4, 0.5) is 32.0 Å². The molecule has 1 aliphatic heterocycles. The number of aliphatic carboxylic acids is 2. The number of aromatic amines is 1. The average Bonchev–Trinajstić information content (AvgIpc) is 3.43. The zero-order chi connectivity index (χ0) is 33.2. The highest BCUT2D eigenvalue weighted by molar-refractivity contribution is 6.03. The number of anilines is 1. The van der Waals surface area contributed by atoms with Crippen molar-refractivity contribution in [2.24, 2.45) is 0 Å². The first kappa shape index (κ1) is 35.8. The number of piperidine rings is 1. The summed E-state index contributed by atoms with van der Waals surface area (Å²) in [6.07, 6.45) is 0.277. The van der Waals surface area contributed by atoms with Gasteiger partial charge in [-0.05, 0) is 81.6 Å². The van der Waals surface area contributed by atoms with Crippen molar-refractivity contribution in [3.63, 3.8) is 0 Å². The second kappa shape index (κ2) is 15.4. The number of benzene rings is 1. The third-order valence-electron chi connectivity index (χ3n) is 6.64. The third kappa shape index (κ3) is 11.0. The van der Waals surface area contributed by atoms with Gasteiger partial charge < -0.3 is 25.8 Å². The number of amides is 1. The van der Waals surface area contributed by atoms with Crippen molar-refractivity contribution in [1.29, 1.82) is 5.26 Å².